The molecule has 2 rings (SSSR count). The first-order valence-electron chi connectivity index (χ1n) is 6.47. The molecule has 1 heterocycles. The first-order valence-corrected chi connectivity index (χ1v) is 6.47. The van der Waals surface area contributed by atoms with Crippen molar-refractivity contribution in [3.05, 3.63) is 17.7 Å². The van der Waals surface area contributed by atoms with Crippen molar-refractivity contribution in [2.75, 3.05) is 34.4 Å². The van der Waals surface area contributed by atoms with Crippen molar-refractivity contribution in [1.29, 1.82) is 0 Å². The number of carbonyl (C=O) groups excluding carboxylic acids is 1. The van der Waals surface area contributed by atoms with Gasteiger partial charge >= 0.3 is 0 Å². The summed E-state index contributed by atoms with van der Waals surface area (Å²) in [5.41, 5.74) is 0.288. The third-order valence-electron chi connectivity index (χ3n) is 3.48. The second kappa shape index (κ2) is 6.19. The molecule has 1 aromatic rings. The molecule has 1 amide bonds. The molecule has 0 spiro atoms. The molecule has 0 aliphatic carbocycles. The molecule has 1 saturated heterocycles. The van der Waals surface area contributed by atoms with E-state index in [2.05, 4.69) is 0 Å². The minimum atomic E-state index is -0.930. The number of hydrogen-bond acceptors (Lipinski definition) is 6. The minimum absolute atomic E-state index is 0.0809. The van der Waals surface area contributed by atoms with Crippen LogP contribution in [0.4, 0.5) is 0 Å². The number of nitrogens with zero attached hydrogens (tertiary/aromatic N) is 1. The van der Waals surface area contributed by atoms with E-state index in [0.717, 1.165) is 0 Å². The molecule has 7 heteroatoms. The summed E-state index contributed by atoms with van der Waals surface area (Å²) in [7, 11) is 4.38. The second-order valence-corrected chi connectivity index (χ2v) is 4.73. The number of amides is 1. The van der Waals surface area contributed by atoms with Crippen molar-refractivity contribution in [1.82, 2.24) is 4.90 Å². The van der Waals surface area contributed by atoms with Crippen molar-refractivity contribution in [3.8, 4) is 17.2 Å². The van der Waals surface area contributed by atoms with Gasteiger partial charge in [0.2, 0.25) is 5.75 Å². The first kappa shape index (κ1) is 15.4. The van der Waals surface area contributed by atoms with E-state index in [0.29, 0.717) is 11.5 Å². The Bertz CT molecular complexity index is 522. The van der Waals surface area contributed by atoms with Crippen molar-refractivity contribution < 1.29 is 29.2 Å². The smallest absolute Gasteiger partial charge is 0.257 e. The topological polar surface area (TPSA) is 88.5 Å². The molecule has 7 nitrogen and oxygen atoms in total. The van der Waals surface area contributed by atoms with Crippen LogP contribution in [0.2, 0.25) is 0 Å². The lowest BCUT2D eigenvalue weighted by Gasteiger charge is -2.19. The molecule has 2 unspecified atom stereocenters. The zero-order chi connectivity index (χ0) is 15.6. The van der Waals surface area contributed by atoms with Gasteiger partial charge in [0.1, 0.15) is 0 Å². The Morgan fingerprint density at radius 1 is 1.05 bits per heavy atom. The fraction of sp³-hybridized carbons (Fsp3) is 0.500. The Balaban J connectivity index is 2.37. The maximum Gasteiger partial charge on any atom is 0.257 e. The number of benzene rings is 1. The lowest BCUT2D eigenvalue weighted by Crippen LogP contribution is -2.30. The Kier molecular flexibility index (Phi) is 4.54. The fourth-order valence-electron chi connectivity index (χ4n) is 2.38. The molecule has 2 atom stereocenters. The van der Waals surface area contributed by atoms with Gasteiger partial charge in [-0.15, -0.1) is 0 Å². The SMILES string of the molecule is COc1ccc(C(=O)N2CC(O)C(O)C2)c(OC)c1OC. The van der Waals surface area contributed by atoms with Gasteiger partial charge in [0, 0.05) is 13.1 Å². The standard InChI is InChI=1S/C14H19NO6/c1-19-11-5-4-8(12(20-2)13(11)21-3)14(18)15-6-9(16)10(17)7-15/h4-5,9-10,16-17H,6-7H2,1-3H3. The van der Waals surface area contributed by atoms with Gasteiger partial charge in [-0.1, -0.05) is 0 Å². The largest absolute Gasteiger partial charge is 0.493 e. The highest BCUT2D eigenvalue weighted by atomic mass is 16.5. The molecule has 0 saturated carbocycles. The lowest BCUT2D eigenvalue weighted by molar-refractivity contribution is 0.0572. The number of rotatable bonds is 4. The second-order valence-electron chi connectivity index (χ2n) is 4.73. The Hall–Kier alpha value is -1.99. The van der Waals surface area contributed by atoms with E-state index >= 15 is 0 Å². The third-order valence-corrected chi connectivity index (χ3v) is 3.48. The fourth-order valence-corrected chi connectivity index (χ4v) is 2.38. The number of carbonyl (C=O) groups is 1. The van der Waals surface area contributed by atoms with Gasteiger partial charge in [0.25, 0.3) is 5.91 Å². The quantitative estimate of drug-likeness (QED) is 0.806. The van der Waals surface area contributed by atoms with E-state index in [1.165, 1.54) is 26.2 Å². The number of aliphatic hydroxyl groups is 2. The highest BCUT2D eigenvalue weighted by molar-refractivity contribution is 5.98. The Morgan fingerprint density at radius 2 is 1.62 bits per heavy atom. The average Bonchev–Trinajstić information content (AvgIpc) is 2.84. The number of likely N-dealkylation sites (tertiary alicyclic amines) is 1. The van der Waals surface area contributed by atoms with Crippen molar-refractivity contribution in [2.24, 2.45) is 0 Å². The van der Waals surface area contributed by atoms with E-state index < -0.39 is 12.2 Å². The highest BCUT2D eigenvalue weighted by Crippen LogP contribution is 2.40. The molecular formula is C14H19NO6. The van der Waals surface area contributed by atoms with Gasteiger partial charge in [-0.2, -0.15) is 0 Å². The summed E-state index contributed by atoms with van der Waals surface area (Å²) in [5, 5.41) is 19.1. The normalized spacial score (nSPS) is 21.3. The molecule has 1 fully saturated rings. The summed E-state index contributed by atoms with van der Waals surface area (Å²) in [5.74, 6) is 0.694. The number of β-amino-alcohol motifs (C(OH)–C–C–N with tert-alkyl or cyclic N) is 2. The lowest BCUT2D eigenvalue weighted by atomic mass is 10.1. The summed E-state index contributed by atoms with van der Waals surface area (Å²) in [6.07, 6.45) is -1.86. The van der Waals surface area contributed by atoms with Crippen LogP contribution in [0.15, 0.2) is 12.1 Å². The summed E-state index contributed by atoms with van der Waals surface area (Å²) in [4.78, 5) is 13.9. The molecule has 1 aliphatic heterocycles. The number of hydrogen-bond donors (Lipinski definition) is 2. The molecular weight excluding hydrogens is 278 g/mol. The molecule has 2 N–H and O–H groups in total. The average molecular weight is 297 g/mol. The van der Waals surface area contributed by atoms with E-state index in [1.54, 1.807) is 12.1 Å². The zero-order valence-electron chi connectivity index (χ0n) is 12.2. The molecule has 1 aliphatic rings. The maximum atomic E-state index is 12.5. The van der Waals surface area contributed by atoms with Crippen LogP contribution in [0.3, 0.4) is 0 Å². The first-order chi connectivity index (χ1) is 10.0. The van der Waals surface area contributed by atoms with Crippen LogP contribution in [-0.2, 0) is 0 Å². The van der Waals surface area contributed by atoms with Crippen molar-refractivity contribution in [2.45, 2.75) is 12.2 Å². The van der Waals surface area contributed by atoms with Gasteiger partial charge in [-0.3, -0.25) is 4.79 Å². The number of ether oxygens (including phenoxy) is 3. The van der Waals surface area contributed by atoms with E-state index in [4.69, 9.17) is 14.2 Å². The number of methoxy groups -OCH3 is 3. The molecule has 0 aromatic heterocycles. The van der Waals surface area contributed by atoms with Crippen LogP contribution < -0.4 is 14.2 Å². The van der Waals surface area contributed by atoms with E-state index in [-0.39, 0.29) is 30.3 Å². The van der Waals surface area contributed by atoms with Crippen molar-refractivity contribution >= 4 is 5.91 Å². The van der Waals surface area contributed by atoms with Crippen LogP contribution in [0.25, 0.3) is 0 Å². The van der Waals surface area contributed by atoms with Gasteiger partial charge in [0.15, 0.2) is 11.5 Å². The van der Waals surface area contributed by atoms with Gasteiger partial charge in [-0.25, -0.2) is 0 Å². The van der Waals surface area contributed by atoms with Crippen LogP contribution >= 0.6 is 0 Å². The van der Waals surface area contributed by atoms with Crippen LogP contribution in [0.1, 0.15) is 10.4 Å². The van der Waals surface area contributed by atoms with Crippen LogP contribution in [-0.4, -0.2) is 67.6 Å². The number of aliphatic hydroxyl groups excluding tert-OH is 2. The Morgan fingerprint density at radius 3 is 2.10 bits per heavy atom. The van der Waals surface area contributed by atoms with E-state index in [1.807, 2.05) is 0 Å². The van der Waals surface area contributed by atoms with Crippen molar-refractivity contribution in [3.63, 3.8) is 0 Å². The molecule has 0 radical (unpaired) electrons. The van der Waals surface area contributed by atoms with Gasteiger partial charge in [0.05, 0.1) is 39.1 Å². The third kappa shape index (κ3) is 2.74. The minimum Gasteiger partial charge on any atom is -0.493 e. The van der Waals surface area contributed by atoms with Gasteiger partial charge < -0.3 is 29.3 Å². The predicted molar refractivity (Wildman–Crippen MR) is 74.0 cm³/mol. The summed E-state index contributed by atoms with van der Waals surface area (Å²) in [6, 6.07) is 3.18. The predicted octanol–water partition coefficient (Wildman–Crippen LogP) is -0.110. The molecule has 21 heavy (non-hydrogen) atoms. The summed E-state index contributed by atoms with van der Waals surface area (Å²) in [6.45, 7) is 0.162. The molecule has 1 aromatic carbocycles. The molecule has 0 bridgehead atoms. The summed E-state index contributed by atoms with van der Waals surface area (Å²) >= 11 is 0. The van der Waals surface area contributed by atoms with E-state index in [9.17, 15) is 15.0 Å². The zero-order valence-corrected chi connectivity index (χ0v) is 12.2. The summed E-state index contributed by atoms with van der Waals surface area (Å²) < 4.78 is 15.7. The molecule has 116 valence electrons. The van der Waals surface area contributed by atoms with Crippen LogP contribution in [0, 0.1) is 0 Å². The Labute approximate surface area is 122 Å². The van der Waals surface area contributed by atoms with Crippen LogP contribution in [0.5, 0.6) is 17.2 Å². The highest BCUT2D eigenvalue weighted by Gasteiger charge is 2.34. The maximum absolute atomic E-state index is 12.5. The van der Waals surface area contributed by atoms with Gasteiger partial charge in [-0.05, 0) is 12.1 Å². The monoisotopic (exact) mass is 297 g/mol.